The van der Waals surface area contributed by atoms with E-state index in [1.54, 1.807) is 19.2 Å². The summed E-state index contributed by atoms with van der Waals surface area (Å²) in [6.45, 7) is 2.15. The van der Waals surface area contributed by atoms with Gasteiger partial charge in [-0.15, -0.1) is 0 Å². The minimum atomic E-state index is -0.567. The van der Waals surface area contributed by atoms with Gasteiger partial charge in [-0.25, -0.2) is 4.79 Å². The zero-order valence-corrected chi connectivity index (χ0v) is 13.7. The molecule has 1 atom stereocenters. The number of carbonyl (C=O) groups excluding carboxylic acids is 2. The lowest BCUT2D eigenvalue weighted by Crippen LogP contribution is -2.43. The Labute approximate surface area is 140 Å². The van der Waals surface area contributed by atoms with Crippen LogP contribution in [0.5, 0.6) is 5.75 Å². The molecule has 7 nitrogen and oxygen atoms in total. The average Bonchev–Trinajstić information content (AvgIpc) is 3.11. The minimum Gasteiger partial charge on any atom is -0.496 e. The molecule has 0 aliphatic carbocycles. The number of hydrogen-bond donors (Lipinski definition) is 3. The van der Waals surface area contributed by atoms with Crippen LogP contribution < -0.4 is 20.7 Å². The highest BCUT2D eigenvalue weighted by atomic mass is 16.5. The topological polar surface area (TPSA) is 92.6 Å². The van der Waals surface area contributed by atoms with Gasteiger partial charge in [-0.1, -0.05) is 18.2 Å². The van der Waals surface area contributed by atoms with Gasteiger partial charge in [0.25, 0.3) is 0 Å². The number of rotatable bonds is 7. The van der Waals surface area contributed by atoms with Crippen molar-refractivity contribution in [1.82, 2.24) is 16.0 Å². The van der Waals surface area contributed by atoms with Crippen LogP contribution in [-0.4, -0.2) is 25.6 Å². The summed E-state index contributed by atoms with van der Waals surface area (Å²) in [4.78, 5) is 23.4. The molecule has 3 N–H and O–H groups in total. The molecule has 0 radical (unpaired) electrons. The predicted molar refractivity (Wildman–Crippen MR) is 88.5 cm³/mol. The second-order valence-electron chi connectivity index (χ2n) is 5.15. The van der Waals surface area contributed by atoms with Gasteiger partial charge in [-0.3, -0.25) is 10.1 Å². The molecule has 2 aromatic rings. The maximum Gasteiger partial charge on any atom is 0.321 e. The van der Waals surface area contributed by atoms with Crippen LogP contribution >= 0.6 is 0 Å². The molecule has 128 valence electrons. The van der Waals surface area contributed by atoms with Crippen molar-refractivity contribution in [3.8, 4) is 5.75 Å². The van der Waals surface area contributed by atoms with Crippen LogP contribution in [0.2, 0.25) is 0 Å². The van der Waals surface area contributed by atoms with E-state index in [0.29, 0.717) is 5.76 Å². The smallest absolute Gasteiger partial charge is 0.321 e. The van der Waals surface area contributed by atoms with Gasteiger partial charge in [0.2, 0.25) is 5.91 Å². The fraction of sp³-hybridized carbons (Fsp3) is 0.294. The third-order valence-corrected chi connectivity index (χ3v) is 3.43. The molecule has 1 aromatic heterocycles. The summed E-state index contributed by atoms with van der Waals surface area (Å²) in [6.07, 6.45) is 1.52. The number of carbonyl (C=O) groups is 2. The number of methoxy groups -OCH3 is 1. The van der Waals surface area contributed by atoms with Crippen molar-refractivity contribution in [3.63, 3.8) is 0 Å². The summed E-state index contributed by atoms with van der Waals surface area (Å²) in [6, 6.07) is 10.4. The molecule has 0 bridgehead atoms. The van der Waals surface area contributed by atoms with E-state index in [9.17, 15) is 9.59 Å². The zero-order valence-electron chi connectivity index (χ0n) is 13.7. The highest BCUT2D eigenvalue weighted by molar-refractivity contribution is 5.95. The first-order chi connectivity index (χ1) is 11.6. The summed E-state index contributed by atoms with van der Waals surface area (Å²) < 4.78 is 10.4. The number of urea groups is 1. The Hall–Kier alpha value is -2.80. The van der Waals surface area contributed by atoms with Crippen molar-refractivity contribution in [2.45, 2.75) is 19.5 Å². The van der Waals surface area contributed by atoms with Crippen molar-refractivity contribution < 1.29 is 18.7 Å². The van der Waals surface area contributed by atoms with Gasteiger partial charge in [-0.2, -0.15) is 0 Å². The quantitative estimate of drug-likeness (QED) is 0.721. The average molecular weight is 331 g/mol. The highest BCUT2D eigenvalue weighted by Crippen LogP contribution is 2.23. The van der Waals surface area contributed by atoms with Gasteiger partial charge in [0.15, 0.2) is 0 Å². The molecule has 2 rings (SSSR count). The molecule has 1 heterocycles. The van der Waals surface area contributed by atoms with Gasteiger partial charge in [0.05, 0.1) is 26.5 Å². The molecule has 0 aliphatic heterocycles. The molecule has 0 saturated carbocycles. The van der Waals surface area contributed by atoms with Crippen LogP contribution in [-0.2, 0) is 11.3 Å². The van der Waals surface area contributed by atoms with Crippen molar-refractivity contribution in [3.05, 3.63) is 54.0 Å². The zero-order chi connectivity index (χ0) is 17.4. The SMILES string of the molecule is COc1ccccc1C(C)NCC(=O)NC(=O)NCc1ccco1. The number of ether oxygens (including phenoxy) is 1. The van der Waals surface area contributed by atoms with E-state index in [-0.39, 0.29) is 19.1 Å². The largest absolute Gasteiger partial charge is 0.496 e. The van der Waals surface area contributed by atoms with Crippen LogP contribution in [0, 0.1) is 0 Å². The molecular formula is C17H21N3O4. The number of furan rings is 1. The van der Waals surface area contributed by atoms with Gasteiger partial charge in [0, 0.05) is 11.6 Å². The van der Waals surface area contributed by atoms with E-state index in [1.165, 1.54) is 6.26 Å². The van der Waals surface area contributed by atoms with Crippen LogP contribution in [0.1, 0.15) is 24.3 Å². The monoisotopic (exact) mass is 331 g/mol. The number of para-hydroxylation sites is 1. The standard InChI is InChI=1S/C17H21N3O4/c1-12(14-7-3-4-8-15(14)23-2)18-11-16(21)20-17(22)19-10-13-6-5-9-24-13/h3-9,12,18H,10-11H2,1-2H3,(H2,19,20,21,22). The van der Waals surface area contributed by atoms with E-state index in [4.69, 9.17) is 9.15 Å². The Morgan fingerprint density at radius 3 is 2.71 bits per heavy atom. The lowest BCUT2D eigenvalue weighted by atomic mass is 10.1. The van der Waals surface area contributed by atoms with Gasteiger partial charge in [0.1, 0.15) is 11.5 Å². The molecule has 3 amide bonds. The third-order valence-electron chi connectivity index (χ3n) is 3.43. The summed E-state index contributed by atoms with van der Waals surface area (Å²) in [7, 11) is 1.60. The summed E-state index contributed by atoms with van der Waals surface area (Å²) >= 11 is 0. The summed E-state index contributed by atoms with van der Waals surface area (Å²) in [5.41, 5.74) is 0.940. The second-order valence-corrected chi connectivity index (χ2v) is 5.15. The first kappa shape index (κ1) is 17.6. The van der Waals surface area contributed by atoms with Gasteiger partial charge in [-0.05, 0) is 25.1 Å². The van der Waals surface area contributed by atoms with E-state index in [1.807, 2.05) is 31.2 Å². The van der Waals surface area contributed by atoms with Gasteiger partial charge >= 0.3 is 6.03 Å². The normalized spacial score (nSPS) is 11.6. The Balaban J connectivity index is 1.75. The van der Waals surface area contributed by atoms with E-state index in [2.05, 4.69) is 16.0 Å². The molecule has 0 spiro atoms. The molecular weight excluding hydrogens is 310 g/mol. The van der Waals surface area contributed by atoms with Gasteiger partial charge < -0.3 is 19.8 Å². The Bertz CT molecular complexity index is 670. The predicted octanol–water partition coefficient (Wildman–Crippen LogP) is 1.96. The number of amides is 3. The highest BCUT2D eigenvalue weighted by Gasteiger charge is 2.13. The lowest BCUT2D eigenvalue weighted by molar-refractivity contribution is -0.119. The molecule has 0 fully saturated rings. The number of nitrogens with one attached hydrogen (secondary N) is 3. The Morgan fingerprint density at radius 1 is 1.21 bits per heavy atom. The maximum atomic E-state index is 11.8. The van der Waals surface area contributed by atoms with E-state index >= 15 is 0 Å². The molecule has 7 heteroatoms. The Morgan fingerprint density at radius 2 is 2.00 bits per heavy atom. The Kier molecular flexibility index (Phi) is 6.39. The van der Waals surface area contributed by atoms with Crippen molar-refractivity contribution in [2.75, 3.05) is 13.7 Å². The van der Waals surface area contributed by atoms with E-state index < -0.39 is 11.9 Å². The summed E-state index contributed by atoms with van der Waals surface area (Å²) in [5.74, 6) is 0.934. The van der Waals surface area contributed by atoms with E-state index in [0.717, 1.165) is 11.3 Å². The van der Waals surface area contributed by atoms with Crippen molar-refractivity contribution in [1.29, 1.82) is 0 Å². The van der Waals surface area contributed by atoms with Crippen molar-refractivity contribution in [2.24, 2.45) is 0 Å². The molecule has 1 aromatic carbocycles. The lowest BCUT2D eigenvalue weighted by Gasteiger charge is -2.16. The number of hydrogen-bond acceptors (Lipinski definition) is 5. The first-order valence-corrected chi connectivity index (χ1v) is 7.56. The fourth-order valence-electron chi connectivity index (χ4n) is 2.18. The molecule has 0 aliphatic rings. The third kappa shape index (κ3) is 5.13. The van der Waals surface area contributed by atoms with Crippen LogP contribution in [0.15, 0.2) is 47.1 Å². The number of imide groups is 1. The molecule has 1 unspecified atom stereocenters. The second kappa shape index (κ2) is 8.73. The van der Waals surface area contributed by atoms with Crippen LogP contribution in [0.4, 0.5) is 4.79 Å². The van der Waals surface area contributed by atoms with Crippen LogP contribution in [0.3, 0.4) is 0 Å². The first-order valence-electron chi connectivity index (χ1n) is 7.56. The minimum absolute atomic E-state index is 0.00733. The fourth-order valence-corrected chi connectivity index (χ4v) is 2.18. The number of benzene rings is 1. The molecule has 0 saturated heterocycles. The maximum absolute atomic E-state index is 11.8. The van der Waals surface area contributed by atoms with Crippen molar-refractivity contribution >= 4 is 11.9 Å². The van der Waals surface area contributed by atoms with Crippen LogP contribution in [0.25, 0.3) is 0 Å². The summed E-state index contributed by atoms with van der Waals surface area (Å²) in [5, 5.41) is 7.85. The molecule has 24 heavy (non-hydrogen) atoms.